The minimum Gasteiger partial charge on any atom is -0.512 e. The van der Waals surface area contributed by atoms with Gasteiger partial charge in [-0.2, -0.15) is 0 Å². The summed E-state index contributed by atoms with van der Waals surface area (Å²) < 4.78 is 11.9. The van der Waals surface area contributed by atoms with Crippen molar-refractivity contribution in [1.29, 1.82) is 0 Å². The molecular formula is C44H50IrNO4-. The number of aromatic nitrogens is 1. The number of pyridine rings is 1. The van der Waals surface area contributed by atoms with Crippen molar-refractivity contribution in [2.75, 3.05) is 0 Å². The Morgan fingerprint density at radius 1 is 0.840 bits per heavy atom. The van der Waals surface area contributed by atoms with Crippen LogP contribution >= 0.6 is 0 Å². The number of carbonyl (C=O) groups excluding carboxylic acids is 1. The van der Waals surface area contributed by atoms with Gasteiger partial charge in [0.2, 0.25) is 0 Å². The van der Waals surface area contributed by atoms with E-state index in [9.17, 15) is 9.90 Å². The molecule has 0 spiro atoms. The number of hydrogen-bond acceptors (Lipinski definition) is 5. The zero-order valence-electron chi connectivity index (χ0n) is 30.9. The Hall–Kier alpha value is -3.99. The first-order chi connectivity index (χ1) is 23.3. The summed E-state index contributed by atoms with van der Waals surface area (Å²) in [5.74, 6) is 1.10. The van der Waals surface area contributed by atoms with Gasteiger partial charge in [0.05, 0.1) is 6.26 Å². The van der Waals surface area contributed by atoms with Crippen LogP contribution in [0.2, 0.25) is 0 Å². The van der Waals surface area contributed by atoms with Crippen LogP contribution in [0.4, 0.5) is 0 Å². The molecule has 0 atom stereocenters. The van der Waals surface area contributed by atoms with Gasteiger partial charge in [0.15, 0.2) is 5.78 Å². The largest absolute Gasteiger partial charge is 0.512 e. The van der Waals surface area contributed by atoms with Gasteiger partial charge in [0.1, 0.15) is 22.7 Å². The van der Waals surface area contributed by atoms with Crippen molar-refractivity contribution < 1.29 is 38.8 Å². The Bertz CT molecular complexity index is 2120. The molecule has 0 aliphatic heterocycles. The normalized spacial score (nSPS) is 12.5. The number of benzene rings is 3. The zero-order valence-corrected chi connectivity index (χ0v) is 33.3. The van der Waals surface area contributed by atoms with Crippen LogP contribution in [-0.4, -0.2) is 15.9 Å². The van der Waals surface area contributed by atoms with E-state index in [0.717, 1.165) is 75.6 Å². The van der Waals surface area contributed by atoms with Crippen LogP contribution < -0.4 is 0 Å². The minimum atomic E-state index is -0.337. The Balaban J connectivity index is 0.000000269. The van der Waals surface area contributed by atoms with Gasteiger partial charge >= 0.3 is 0 Å². The monoisotopic (exact) mass is 849 g/mol. The molecule has 3 heterocycles. The van der Waals surface area contributed by atoms with Crippen molar-refractivity contribution in [3.8, 4) is 22.6 Å². The van der Waals surface area contributed by atoms with Crippen LogP contribution in [0.1, 0.15) is 93.6 Å². The Morgan fingerprint density at radius 3 is 2.18 bits per heavy atom. The molecule has 0 unspecified atom stereocenters. The van der Waals surface area contributed by atoms with Gasteiger partial charge in [-0.15, -0.1) is 29.1 Å². The summed E-state index contributed by atoms with van der Waals surface area (Å²) in [5.41, 5.74) is 5.09. The molecule has 3 aromatic carbocycles. The molecular weight excluding hydrogens is 799 g/mol. The van der Waals surface area contributed by atoms with E-state index >= 15 is 0 Å². The second-order valence-corrected chi connectivity index (χ2v) is 14.7. The summed E-state index contributed by atoms with van der Waals surface area (Å²) in [4.78, 5) is 16.9. The number of carbonyl (C=O) groups is 1. The predicted octanol–water partition coefficient (Wildman–Crippen LogP) is 12.8. The summed E-state index contributed by atoms with van der Waals surface area (Å²) in [7, 11) is 0. The fourth-order valence-electron chi connectivity index (χ4n) is 6.08. The maximum atomic E-state index is 12.2. The van der Waals surface area contributed by atoms with E-state index in [2.05, 4.69) is 69.3 Å². The van der Waals surface area contributed by atoms with Crippen molar-refractivity contribution in [3.63, 3.8) is 0 Å². The molecule has 50 heavy (non-hydrogen) atoms. The fraction of sp³-hybridized carbons (Fsp3) is 0.364. The smallest absolute Gasteiger partial charge is 0.164 e. The van der Waals surface area contributed by atoms with Crippen LogP contribution in [0.25, 0.3) is 55.3 Å². The summed E-state index contributed by atoms with van der Waals surface area (Å²) in [6.45, 7) is 18.8. The number of allylic oxidation sites excluding steroid dienone is 2. The molecule has 6 heteroatoms. The average molecular weight is 849 g/mol. The van der Waals surface area contributed by atoms with Crippen LogP contribution in [0.3, 0.4) is 0 Å². The zero-order chi connectivity index (χ0) is 35.6. The Kier molecular flexibility index (Phi) is 12.0. The van der Waals surface area contributed by atoms with Gasteiger partial charge < -0.3 is 13.9 Å². The first-order valence-electron chi connectivity index (χ1n) is 17.5. The molecule has 0 fully saturated rings. The first-order valence-corrected chi connectivity index (χ1v) is 17.5. The standard InChI is InChI=1S/C29H22NO2.C15H28O2.Ir/c1-29(2,3)24-16-22(14-18-6-4-5-7-23(18)24)27-28-21(10-12-30-27)17-26(32-28)19-8-9-25-20(15-19)11-13-31-25;1-7-14(5,8-2)12(16)11-13(17)15(6,9-3)10-4;/h4-13,15-17H,1-3H3;11,16H,7-10H2,1-6H3;/q-1;;/b;12-11-;. The topological polar surface area (TPSA) is 76.5 Å². The third kappa shape index (κ3) is 7.82. The van der Waals surface area contributed by atoms with Crippen molar-refractivity contribution >= 4 is 38.5 Å². The van der Waals surface area contributed by atoms with E-state index in [1.54, 1.807) is 6.26 Å². The third-order valence-corrected chi connectivity index (χ3v) is 10.6. The second kappa shape index (κ2) is 15.5. The van der Waals surface area contributed by atoms with E-state index in [1.807, 2.05) is 72.0 Å². The molecule has 1 N–H and O–H groups in total. The first kappa shape index (κ1) is 38.8. The van der Waals surface area contributed by atoms with E-state index < -0.39 is 0 Å². The van der Waals surface area contributed by atoms with Crippen LogP contribution in [-0.2, 0) is 30.3 Å². The third-order valence-electron chi connectivity index (χ3n) is 10.6. The number of hydrogen-bond donors (Lipinski definition) is 1. The summed E-state index contributed by atoms with van der Waals surface area (Å²) in [6.07, 6.45) is 8.30. The average Bonchev–Trinajstić information content (AvgIpc) is 3.77. The fourth-order valence-corrected chi connectivity index (χ4v) is 6.08. The van der Waals surface area contributed by atoms with Gasteiger partial charge in [-0.3, -0.25) is 9.78 Å². The number of rotatable bonds is 9. The summed E-state index contributed by atoms with van der Waals surface area (Å²) in [5, 5.41) is 14.5. The molecule has 5 nitrogen and oxygen atoms in total. The molecule has 6 rings (SSSR count). The number of nitrogens with zero attached hydrogens (tertiary/aromatic N) is 1. The van der Waals surface area contributed by atoms with E-state index in [4.69, 9.17) is 13.8 Å². The van der Waals surface area contributed by atoms with E-state index in [-0.39, 0.29) is 47.9 Å². The van der Waals surface area contributed by atoms with Crippen LogP contribution in [0, 0.1) is 16.9 Å². The van der Waals surface area contributed by atoms with Crippen molar-refractivity contribution in [3.05, 3.63) is 103 Å². The SMILES string of the molecule is CC(C)(C)c1cc(-c2nccc3cc(-c4ccc5occc5c4)oc23)[c-]c2ccccc12.CCC(C)(CC)C(=O)/C=C(\O)C(C)(CC)CC.[Ir]. The molecule has 0 aliphatic rings. The maximum Gasteiger partial charge on any atom is 0.164 e. The molecule has 3 aromatic heterocycles. The van der Waals surface area contributed by atoms with Crippen molar-refractivity contribution in [2.24, 2.45) is 10.8 Å². The van der Waals surface area contributed by atoms with Gasteiger partial charge in [0.25, 0.3) is 0 Å². The van der Waals surface area contributed by atoms with E-state index in [0.29, 0.717) is 0 Å². The quantitative estimate of drug-likeness (QED) is 0.0891. The van der Waals surface area contributed by atoms with Crippen LogP contribution in [0.5, 0.6) is 0 Å². The van der Waals surface area contributed by atoms with Gasteiger partial charge in [-0.1, -0.05) is 91.5 Å². The predicted molar refractivity (Wildman–Crippen MR) is 203 cm³/mol. The number of aliphatic hydroxyl groups is 1. The molecule has 0 aliphatic carbocycles. The van der Waals surface area contributed by atoms with Crippen molar-refractivity contribution in [2.45, 2.75) is 93.4 Å². The summed E-state index contributed by atoms with van der Waals surface area (Å²) >= 11 is 0. The van der Waals surface area contributed by atoms with Gasteiger partial charge in [0, 0.05) is 65.2 Å². The molecule has 265 valence electrons. The molecule has 0 saturated carbocycles. The Labute approximate surface area is 310 Å². The van der Waals surface area contributed by atoms with Crippen molar-refractivity contribution in [1.82, 2.24) is 4.98 Å². The number of fused-ring (bicyclic) bond motifs is 3. The number of ketones is 1. The molecule has 6 aromatic rings. The summed E-state index contributed by atoms with van der Waals surface area (Å²) in [6, 6.07) is 26.3. The van der Waals surface area contributed by atoms with E-state index in [1.165, 1.54) is 17.0 Å². The number of furan rings is 2. The minimum absolute atomic E-state index is 0. The second-order valence-electron chi connectivity index (χ2n) is 14.7. The Morgan fingerprint density at radius 2 is 1.52 bits per heavy atom. The van der Waals surface area contributed by atoms with Gasteiger partial charge in [-0.05, 0) is 67.5 Å². The van der Waals surface area contributed by atoms with Crippen LogP contribution in [0.15, 0.2) is 99.9 Å². The molecule has 0 amide bonds. The molecule has 0 bridgehead atoms. The maximum absolute atomic E-state index is 12.2. The van der Waals surface area contributed by atoms with Gasteiger partial charge in [-0.25, -0.2) is 0 Å². The molecule has 1 radical (unpaired) electrons. The number of aliphatic hydroxyl groups excluding tert-OH is 1. The molecule has 0 saturated heterocycles.